The van der Waals surface area contributed by atoms with Crippen LogP contribution < -0.4 is 4.52 Å². The van der Waals surface area contributed by atoms with Crippen molar-refractivity contribution in [1.82, 2.24) is 0 Å². The topological polar surface area (TPSA) is 66.8 Å². The molecule has 2 N–H and O–H groups in total. The van der Waals surface area contributed by atoms with Gasteiger partial charge in [0.05, 0.1) is 0 Å². The Hall–Kier alpha value is -2.39. The third-order valence-corrected chi connectivity index (χ3v) is 4.38. The molecule has 3 rings (SSSR count). The Morgan fingerprint density at radius 2 is 1.28 bits per heavy atom. The molecule has 0 bridgehead atoms. The fourth-order valence-electron chi connectivity index (χ4n) is 2.73. The van der Waals surface area contributed by atoms with Gasteiger partial charge in [0, 0.05) is 5.56 Å². The normalized spacial score (nSPS) is 11.4. The number of rotatable bonds is 4. The molecule has 0 heterocycles. The first-order valence-electron chi connectivity index (χ1n) is 7.86. The van der Waals surface area contributed by atoms with Crippen LogP contribution in [0.25, 0.3) is 22.3 Å². The fraction of sp³-hybridized carbons (Fsp3) is 0.100. The summed E-state index contributed by atoms with van der Waals surface area (Å²) in [6, 6.07) is 21.0. The second-order valence-corrected chi connectivity index (χ2v) is 7.16. The van der Waals surface area contributed by atoms with E-state index in [9.17, 15) is 14.4 Å². The average molecular weight is 354 g/mol. The van der Waals surface area contributed by atoms with E-state index in [0.29, 0.717) is 5.56 Å². The monoisotopic (exact) mass is 354 g/mol. The molecule has 0 spiro atoms. The third kappa shape index (κ3) is 4.18. The van der Waals surface area contributed by atoms with Crippen LogP contribution in [0.15, 0.2) is 66.7 Å². The minimum Gasteiger partial charge on any atom is -0.404 e. The van der Waals surface area contributed by atoms with Gasteiger partial charge < -0.3 is 4.52 Å². The first kappa shape index (κ1) is 17.4. The standard InChI is InChI=1S/C20H19O4P/c1-14-6-10-16(11-7-14)18-4-3-5-19(24-25(21,22)23)20(18)17-12-8-15(2)9-13-17/h3-13H,1-2H3,(H2,21,22,23). The fourth-order valence-corrected chi connectivity index (χ4v) is 3.14. The van der Waals surface area contributed by atoms with Crippen LogP contribution in [-0.2, 0) is 4.57 Å². The Kier molecular flexibility index (Phi) is 4.78. The molecule has 0 saturated carbocycles. The maximum Gasteiger partial charge on any atom is 0.524 e. The Morgan fingerprint density at radius 3 is 1.80 bits per heavy atom. The summed E-state index contributed by atoms with van der Waals surface area (Å²) in [5.74, 6) is 0.162. The molecule has 0 amide bonds. The minimum absolute atomic E-state index is 0.162. The Balaban J connectivity index is 2.24. The number of phosphoric acid groups is 1. The zero-order chi connectivity index (χ0) is 18.0. The van der Waals surface area contributed by atoms with Crippen molar-refractivity contribution >= 4 is 7.82 Å². The molecule has 0 saturated heterocycles. The van der Waals surface area contributed by atoms with E-state index < -0.39 is 7.82 Å². The second-order valence-electron chi connectivity index (χ2n) is 5.99. The van der Waals surface area contributed by atoms with Gasteiger partial charge in [-0.25, -0.2) is 4.57 Å². The van der Waals surface area contributed by atoms with Gasteiger partial charge in [0.15, 0.2) is 0 Å². The summed E-state index contributed by atoms with van der Waals surface area (Å²) in [7, 11) is -4.66. The molecule has 0 unspecified atom stereocenters. The lowest BCUT2D eigenvalue weighted by atomic mass is 9.93. The highest BCUT2D eigenvalue weighted by molar-refractivity contribution is 7.46. The number of aryl methyl sites for hydroxylation is 2. The molecule has 3 aromatic carbocycles. The Bertz CT molecular complexity index is 925. The van der Waals surface area contributed by atoms with Crippen LogP contribution in [0.4, 0.5) is 0 Å². The van der Waals surface area contributed by atoms with Crippen LogP contribution in [-0.4, -0.2) is 9.79 Å². The van der Waals surface area contributed by atoms with Crippen molar-refractivity contribution in [2.24, 2.45) is 0 Å². The third-order valence-electron chi connectivity index (χ3n) is 3.95. The smallest absolute Gasteiger partial charge is 0.404 e. The van der Waals surface area contributed by atoms with Crippen LogP contribution in [0.3, 0.4) is 0 Å². The van der Waals surface area contributed by atoms with E-state index in [4.69, 9.17) is 4.52 Å². The summed E-state index contributed by atoms with van der Waals surface area (Å²) in [5.41, 5.74) is 5.56. The molecule has 0 radical (unpaired) electrons. The summed E-state index contributed by atoms with van der Waals surface area (Å²) >= 11 is 0. The van der Waals surface area contributed by atoms with Crippen LogP contribution >= 0.6 is 7.82 Å². The van der Waals surface area contributed by atoms with Crippen molar-refractivity contribution in [1.29, 1.82) is 0 Å². The number of hydrogen-bond acceptors (Lipinski definition) is 2. The molecule has 0 aliphatic rings. The molecular formula is C20H19O4P. The molecule has 25 heavy (non-hydrogen) atoms. The molecular weight excluding hydrogens is 335 g/mol. The number of benzene rings is 3. The lowest BCUT2D eigenvalue weighted by Gasteiger charge is -2.17. The quantitative estimate of drug-likeness (QED) is 0.639. The maximum atomic E-state index is 11.4. The molecule has 0 atom stereocenters. The van der Waals surface area contributed by atoms with E-state index in [2.05, 4.69) is 0 Å². The van der Waals surface area contributed by atoms with Gasteiger partial charge in [0.1, 0.15) is 5.75 Å². The molecule has 3 aromatic rings. The van der Waals surface area contributed by atoms with Gasteiger partial charge in [-0.05, 0) is 36.6 Å². The highest BCUT2D eigenvalue weighted by Gasteiger charge is 2.21. The van der Waals surface area contributed by atoms with Crippen molar-refractivity contribution in [2.75, 3.05) is 0 Å². The SMILES string of the molecule is Cc1ccc(-c2cccc(OP(=O)(O)O)c2-c2ccc(C)cc2)cc1. The van der Waals surface area contributed by atoms with Gasteiger partial charge in [0.25, 0.3) is 0 Å². The highest BCUT2D eigenvalue weighted by atomic mass is 31.2. The average Bonchev–Trinajstić information content (AvgIpc) is 2.55. The minimum atomic E-state index is -4.66. The van der Waals surface area contributed by atoms with Crippen molar-refractivity contribution < 1.29 is 18.9 Å². The molecule has 0 aliphatic heterocycles. The van der Waals surface area contributed by atoms with Crippen LogP contribution in [0.1, 0.15) is 11.1 Å². The molecule has 4 nitrogen and oxygen atoms in total. The second kappa shape index (κ2) is 6.85. The summed E-state index contributed by atoms with van der Waals surface area (Å²) < 4.78 is 16.4. The van der Waals surface area contributed by atoms with Crippen molar-refractivity contribution in [2.45, 2.75) is 13.8 Å². The van der Waals surface area contributed by atoms with E-state index in [1.54, 1.807) is 12.1 Å². The van der Waals surface area contributed by atoms with Gasteiger partial charge in [0.2, 0.25) is 0 Å². The summed E-state index contributed by atoms with van der Waals surface area (Å²) in [5, 5.41) is 0. The van der Waals surface area contributed by atoms with Gasteiger partial charge in [-0.3, -0.25) is 9.79 Å². The van der Waals surface area contributed by atoms with Crippen molar-refractivity contribution in [3.8, 4) is 28.0 Å². The molecule has 0 fully saturated rings. The van der Waals surface area contributed by atoms with Gasteiger partial charge in [-0.1, -0.05) is 71.8 Å². The number of hydrogen-bond donors (Lipinski definition) is 2. The van der Waals surface area contributed by atoms with E-state index >= 15 is 0 Å². The van der Waals surface area contributed by atoms with Gasteiger partial charge in [-0.2, -0.15) is 0 Å². The largest absolute Gasteiger partial charge is 0.524 e. The number of phosphoric ester groups is 1. The molecule has 0 aliphatic carbocycles. The van der Waals surface area contributed by atoms with Crippen LogP contribution in [0.5, 0.6) is 5.75 Å². The van der Waals surface area contributed by atoms with E-state index in [1.807, 2.05) is 68.4 Å². The summed E-state index contributed by atoms with van der Waals surface area (Å²) in [4.78, 5) is 18.5. The maximum absolute atomic E-state index is 11.4. The van der Waals surface area contributed by atoms with Crippen LogP contribution in [0, 0.1) is 13.8 Å². The van der Waals surface area contributed by atoms with Crippen molar-refractivity contribution in [3.05, 3.63) is 77.9 Å². The van der Waals surface area contributed by atoms with Crippen LogP contribution in [0.2, 0.25) is 0 Å². The van der Waals surface area contributed by atoms with Gasteiger partial charge >= 0.3 is 7.82 Å². The van der Waals surface area contributed by atoms with E-state index in [0.717, 1.165) is 27.8 Å². The Labute approximate surface area is 147 Å². The summed E-state index contributed by atoms with van der Waals surface area (Å²) in [6.45, 7) is 4.00. The lowest BCUT2D eigenvalue weighted by molar-refractivity contribution is 0.283. The predicted octanol–water partition coefficient (Wildman–Crippen LogP) is 5.11. The Morgan fingerprint density at radius 1 is 0.760 bits per heavy atom. The first-order valence-corrected chi connectivity index (χ1v) is 9.39. The lowest BCUT2D eigenvalue weighted by Crippen LogP contribution is -1.95. The predicted molar refractivity (Wildman–Crippen MR) is 99.5 cm³/mol. The zero-order valence-corrected chi connectivity index (χ0v) is 14.9. The molecule has 128 valence electrons. The van der Waals surface area contributed by atoms with Crippen molar-refractivity contribution in [3.63, 3.8) is 0 Å². The molecule has 0 aromatic heterocycles. The molecule has 5 heteroatoms. The summed E-state index contributed by atoms with van der Waals surface area (Å²) in [6.07, 6.45) is 0. The highest BCUT2D eigenvalue weighted by Crippen LogP contribution is 2.46. The van der Waals surface area contributed by atoms with E-state index in [-0.39, 0.29) is 5.75 Å². The van der Waals surface area contributed by atoms with E-state index in [1.165, 1.54) is 0 Å². The first-order chi connectivity index (χ1) is 11.8. The van der Waals surface area contributed by atoms with Gasteiger partial charge in [-0.15, -0.1) is 0 Å². The zero-order valence-electron chi connectivity index (χ0n) is 14.0.